The van der Waals surface area contributed by atoms with Crippen molar-refractivity contribution in [2.45, 2.75) is 39.2 Å². The minimum Gasteiger partial charge on any atom is -0.492 e. The summed E-state index contributed by atoms with van der Waals surface area (Å²) in [6.07, 6.45) is -0.437. The molecule has 2 atom stereocenters. The van der Waals surface area contributed by atoms with Crippen LogP contribution in [0.2, 0.25) is 5.02 Å². The third-order valence-corrected chi connectivity index (χ3v) is 5.00. The van der Waals surface area contributed by atoms with Crippen molar-refractivity contribution in [2.24, 2.45) is 5.92 Å². The summed E-state index contributed by atoms with van der Waals surface area (Å²) < 4.78 is 11.0. The maximum absolute atomic E-state index is 12.5. The first-order valence-electron chi connectivity index (χ1n) is 9.36. The van der Waals surface area contributed by atoms with Gasteiger partial charge in [-0.3, -0.25) is 9.59 Å². The normalized spacial score (nSPS) is 16.7. The molecule has 6 heteroatoms. The molecule has 0 saturated carbocycles. The van der Waals surface area contributed by atoms with Crippen molar-refractivity contribution in [1.82, 2.24) is 0 Å². The molecule has 2 aromatic rings. The number of ether oxygens (including phenoxy) is 2. The number of fused-ring (bicyclic) bond motifs is 1. The lowest BCUT2D eigenvalue weighted by Crippen LogP contribution is -2.36. The van der Waals surface area contributed by atoms with Crippen LogP contribution >= 0.6 is 11.6 Å². The Labute approximate surface area is 170 Å². The number of carbonyl (C=O) groups is 2. The first-order chi connectivity index (χ1) is 13.3. The van der Waals surface area contributed by atoms with Gasteiger partial charge in [-0.25, -0.2) is 0 Å². The molecule has 1 aliphatic heterocycles. The van der Waals surface area contributed by atoms with Crippen molar-refractivity contribution in [1.29, 1.82) is 0 Å². The number of anilines is 1. The molecule has 0 aromatic heterocycles. The lowest BCUT2D eigenvalue weighted by atomic mass is 9.97. The fourth-order valence-corrected chi connectivity index (χ4v) is 3.38. The van der Waals surface area contributed by atoms with Crippen LogP contribution in [0.5, 0.6) is 5.75 Å². The monoisotopic (exact) mass is 401 g/mol. The predicted octanol–water partition coefficient (Wildman–Crippen LogP) is 4.58. The summed E-state index contributed by atoms with van der Waals surface area (Å²) in [6.45, 7) is 5.90. The lowest BCUT2D eigenvalue weighted by Gasteiger charge is -2.25. The van der Waals surface area contributed by atoms with E-state index in [0.29, 0.717) is 11.4 Å². The van der Waals surface area contributed by atoms with Crippen LogP contribution in [-0.4, -0.2) is 24.6 Å². The first kappa shape index (κ1) is 20.2. The number of benzene rings is 2. The SMILES string of the molecule is CC(C)c1ccccc1NC(=O)[C@@H](C)OC(=O)[C@@H]1COc2ccc(Cl)cc2C1. The number of amides is 1. The van der Waals surface area contributed by atoms with Crippen LogP contribution in [-0.2, 0) is 20.7 Å². The molecule has 3 rings (SSSR count). The van der Waals surface area contributed by atoms with E-state index in [-0.39, 0.29) is 18.4 Å². The maximum Gasteiger partial charge on any atom is 0.313 e. The van der Waals surface area contributed by atoms with E-state index in [2.05, 4.69) is 19.2 Å². The van der Waals surface area contributed by atoms with Gasteiger partial charge in [0.25, 0.3) is 5.91 Å². The number of rotatable bonds is 5. The quantitative estimate of drug-likeness (QED) is 0.744. The number of esters is 1. The lowest BCUT2D eigenvalue weighted by molar-refractivity contribution is -0.158. The van der Waals surface area contributed by atoms with Gasteiger partial charge in [0, 0.05) is 10.7 Å². The Bertz CT molecular complexity index is 881. The van der Waals surface area contributed by atoms with Crippen LogP contribution in [0.25, 0.3) is 0 Å². The molecular formula is C22H24ClNO4. The molecule has 28 heavy (non-hydrogen) atoms. The molecule has 0 fully saturated rings. The summed E-state index contributed by atoms with van der Waals surface area (Å²) in [5.74, 6) is -0.290. The van der Waals surface area contributed by atoms with Gasteiger partial charge in [-0.15, -0.1) is 0 Å². The molecule has 0 unspecified atom stereocenters. The van der Waals surface area contributed by atoms with Crippen molar-refractivity contribution >= 4 is 29.2 Å². The zero-order valence-electron chi connectivity index (χ0n) is 16.2. The second-order valence-electron chi connectivity index (χ2n) is 7.27. The fraction of sp³-hybridized carbons (Fsp3) is 0.364. The van der Waals surface area contributed by atoms with E-state index in [4.69, 9.17) is 21.1 Å². The van der Waals surface area contributed by atoms with Crippen LogP contribution in [0.3, 0.4) is 0 Å². The average Bonchev–Trinajstić information content (AvgIpc) is 2.67. The third-order valence-electron chi connectivity index (χ3n) is 4.77. The Kier molecular flexibility index (Phi) is 6.25. The highest BCUT2D eigenvalue weighted by Gasteiger charge is 2.30. The molecule has 0 bridgehead atoms. The Hall–Kier alpha value is -2.53. The molecule has 0 aliphatic carbocycles. The fourth-order valence-electron chi connectivity index (χ4n) is 3.19. The Morgan fingerprint density at radius 3 is 2.68 bits per heavy atom. The molecule has 148 valence electrons. The van der Waals surface area contributed by atoms with E-state index in [1.807, 2.05) is 24.3 Å². The van der Waals surface area contributed by atoms with Crippen LogP contribution in [0.4, 0.5) is 5.69 Å². The summed E-state index contributed by atoms with van der Waals surface area (Å²) in [7, 11) is 0. The summed E-state index contributed by atoms with van der Waals surface area (Å²) in [6, 6.07) is 12.9. The van der Waals surface area contributed by atoms with Crippen molar-refractivity contribution in [3.63, 3.8) is 0 Å². The highest BCUT2D eigenvalue weighted by molar-refractivity contribution is 6.30. The molecule has 0 spiro atoms. The molecule has 1 N–H and O–H groups in total. The zero-order chi connectivity index (χ0) is 20.3. The second-order valence-corrected chi connectivity index (χ2v) is 7.71. The molecule has 1 heterocycles. The van der Waals surface area contributed by atoms with Crippen molar-refractivity contribution in [3.8, 4) is 5.75 Å². The zero-order valence-corrected chi connectivity index (χ0v) is 17.0. The third kappa shape index (κ3) is 4.65. The molecule has 0 radical (unpaired) electrons. The molecule has 2 aromatic carbocycles. The van der Waals surface area contributed by atoms with Crippen molar-refractivity contribution in [2.75, 3.05) is 11.9 Å². The molecule has 1 aliphatic rings. The number of hydrogen-bond donors (Lipinski definition) is 1. The highest BCUT2D eigenvalue weighted by Crippen LogP contribution is 2.30. The Morgan fingerprint density at radius 2 is 1.93 bits per heavy atom. The largest absolute Gasteiger partial charge is 0.492 e. The standard InChI is InChI=1S/C22H24ClNO4/c1-13(2)18-6-4-5-7-19(18)24-21(25)14(3)28-22(26)16-10-15-11-17(23)8-9-20(15)27-12-16/h4-9,11,13-14,16H,10,12H2,1-3H3,(H,24,25)/t14-,16+/m1/s1. The molecule has 5 nitrogen and oxygen atoms in total. The van der Waals surface area contributed by atoms with Crippen LogP contribution in [0.1, 0.15) is 37.8 Å². The number of para-hydroxylation sites is 1. The maximum atomic E-state index is 12.5. The van der Waals surface area contributed by atoms with E-state index in [1.54, 1.807) is 25.1 Å². The minimum atomic E-state index is -0.909. The van der Waals surface area contributed by atoms with Crippen LogP contribution < -0.4 is 10.1 Å². The summed E-state index contributed by atoms with van der Waals surface area (Å²) in [5.41, 5.74) is 2.63. The molecular weight excluding hydrogens is 378 g/mol. The Balaban J connectivity index is 1.61. The van der Waals surface area contributed by atoms with Crippen molar-refractivity contribution in [3.05, 3.63) is 58.6 Å². The van der Waals surface area contributed by atoms with E-state index >= 15 is 0 Å². The van der Waals surface area contributed by atoms with E-state index < -0.39 is 18.0 Å². The van der Waals surface area contributed by atoms with Crippen LogP contribution in [0.15, 0.2) is 42.5 Å². The van der Waals surface area contributed by atoms with E-state index in [1.165, 1.54) is 0 Å². The molecule has 1 amide bonds. The minimum absolute atomic E-state index is 0.220. The smallest absolute Gasteiger partial charge is 0.313 e. The number of halogens is 1. The topological polar surface area (TPSA) is 64.6 Å². The average molecular weight is 402 g/mol. The van der Waals surface area contributed by atoms with Gasteiger partial charge >= 0.3 is 5.97 Å². The molecule has 0 saturated heterocycles. The predicted molar refractivity (Wildman–Crippen MR) is 109 cm³/mol. The summed E-state index contributed by atoms with van der Waals surface area (Å²) in [5, 5.41) is 3.45. The van der Waals surface area contributed by atoms with Gasteiger partial charge in [0.05, 0.1) is 5.92 Å². The highest BCUT2D eigenvalue weighted by atomic mass is 35.5. The number of carbonyl (C=O) groups excluding carboxylic acids is 2. The second kappa shape index (κ2) is 8.65. The van der Waals surface area contributed by atoms with Crippen LogP contribution in [0, 0.1) is 5.92 Å². The van der Waals surface area contributed by atoms with Gasteiger partial charge in [0.15, 0.2) is 6.10 Å². The van der Waals surface area contributed by atoms with Gasteiger partial charge in [-0.05, 0) is 54.7 Å². The van der Waals surface area contributed by atoms with Gasteiger partial charge in [0.1, 0.15) is 12.4 Å². The van der Waals surface area contributed by atoms with Gasteiger partial charge in [0.2, 0.25) is 0 Å². The van der Waals surface area contributed by atoms with Gasteiger partial charge < -0.3 is 14.8 Å². The summed E-state index contributed by atoms with van der Waals surface area (Å²) in [4.78, 5) is 25.0. The van der Waals surface area contributed by atoms with Gasteiger partial charge in [-0.1, -0.05) is 43.6 Å². The Morgan fingerprint density at radius 1 is 1.18 bits per heavy atom. The van der Waals surface area contributed by atoms with Crippen molar-refractivity contribution < 1.29 is 19.1 Å². The van der Waals surface area contributed by atoms with E-state index in [9.17, 15) is 9.59 Å². The first-order valence-corrected chi connectivity index (χ1v) is 9.74. The van der Waals surface area contributed by atoms with Gasteiger partial charge in [-0.2, -0.15) is 0 Å². The number of hydrogen-bond acceptors (Lipinski definition) is 4. The summed E-state index contributed by atoms with van der Waals surface area (Å²) >= 11 is 6.02. The van der Waals surface area contributed by atoms with E-state index in [0.717, 1.165) is 22.6 Å². The number of nitrogens with one attached hydrogen (secondary N) is 1.